The van der Waals surface area contributed by atoms with Crippen LogP contribution >= 0.6 is 11.3 Å². The molecule has 0 aliphatic heterocycles. The molecule has 3 aromatic rings. The third kappa shape index (κ3) is 5.04. The summed E-state index contributed by atoms with van der Waals surface area (Å²) in [4.78, 5) is 17.1. The van der Waals surface area contributed by atoms with Gasteiger partial charge in [-0.3, -0.25) is 4.79 Å². The monoisotopic (exact) mass is 461 g/mol. The van der Waals surface area contributed by atoms with Gasteiger partial charge in [0.05, 0.1) is 32.0 Å². The third-order valence-electron chi connectivity index (χ3n) is 4.44. The maximum atomic E-state index is 12.6. The molecule has 1 N–H and O–H groups in total. The number of carbonyl (C=O) groups excluding carboxylic acids is 1. The van der Waals surface area contributed by atoms with Crippen molar-refractivity contribution in [3.63, 3.8) is 0 Å². The SMILES string of the molecule is COc1ccc(-c2nc(CC(=O)Nc3ccccc3S(=O)(=O)N(C)C)cs2)cc1OC. The second-order valence-corrected chi connectivity index (χ2v) is 9.70. The average Bonchev–Trinajstić information content (AvgIpc) is 3.21. The zero-order chi connectivity index (χ0) is 22.6. The molecule has 1 amide bonds. The highest BCUT2D eigenvalue weighted by Gasteiger charge is 2.22. The summed E-state index contributed by atoms with van der Waals surface area (Å²) in [6.07, 6.45) is 0.0140. The van der Waals surface area contributed by atoms with Crippen LogP contribution < -0.4 is 14.8 Å². The number of anilines is 1. The minimum atomic E-state index is -3.69. The van der Waals surface area contributed by atoms with Crippen molar-refractivity contribution in [2.24, 2.45) is 0 Å². The van der Waals surface area contributed by atoms with E-state index in [-0.39, 0.29) is 22.9 Å². The molecule has 2 aromatic carbocycles. The van der Waals surface area contributed by atoms with E-state index < -0.39 is 10.0 Å². The molecule has 0 saturated heterocycles. The molecule has 0 fully saturated rings. The highest BCUT2D eigenvalue weighted by atomic mass is 32.2. The zero-order valence-electron chi connectivity index (χ0n) is 17.6. The molecule has 0 spiro atoms. The van der Waals surface area contributed by atoms with Crippen LogP contribution in [0.15, 0.2) is 52.7 Å². The van der Waals surface area contributed by atoms with Crippen molar-refractivity contribution in [1.29, 1.82) is 0 Å². The Bertz CT molecular complexity index is 1190. The number of hydrogen-bond donors (Lipinski definition) is 1. The topological polar surface area (TPSA) is 97.8 Å². The van der Waals surface area contributed by atoms with E-state index in [1.54, 1.807) is 43.9 Å². The lowest BCUT2D eigenvalue weighted by Gasteiger charge is -2.15. The first-order chi connectivity index (χ1) is 14.8. The van der Waals surface area contributed by atoms with E-state index in [1.165, 1.54) is 31.5 Å². The molecule has 0 atom stereocenters. The number of sulfonamides is 1. The average molecular weight is 462 g/mol. The van der Waals surface area contributed by atoms with Gasteiger partial charge in [-0.25, -0.2) is 17.7 Å². The first-order valence-electron chi connectivity index (χ1n) is 9.24. The Morgan fingerprint density at radius 2 is 1.81 bits per heavy atom. The summed E-state index contributed by atoms with van der Waals surface area (Å²) in [7, 11) is 2.33. The number of benzene rings is 2. The Kier molecular flexibility index (Phi) is 6.94. The molecule has 10 heteroatoms. The molecule has 164 valence electrons. The lowest BCUT2D eigenvalue weighted by molar-refractivity contribution is -0.115. The number of thiazole rings is 1. The van der Waals surface area contributed by atoms with Crippen LogP contribution in [0, 0.1) is 0 Å². The number of aromatic nitrogens is 1. The second-order valence-electron chi connectivity index (χ2n) is 6.72. The number of methoxy groups -OCH3 is 2. The van der Waals surface area contributed by atoms with Crippen LogP contribution in [0.25, 0.3) is 10.6 Å². The fourth-order valence-corrected chi connectivity index (χ4v) is 4.70. The molecule has 0 aliphatic rings. The number of amides is 1. The number of ether oxygens (including phenoxy) is 2. The van der Waals surface area contributed by atoms with Crippen molar-refractivity contribution >= 4 is 33.0 Å². The summed E-state index contributed by atoms with van der Waals surface area (Å²) >= 11 is 1.40. The molecular formula is C21H23N3O5S2. The second kappa shape index (κ2) is 9.46. The molecule has 0 aliphatic carbocycles. The van der Waals surface area contributed by atoms with Gasteiger partial charge in [0, 0.05) is 25.0 Å². The fourth-order valence-electron chi connectivity index (χ4n) is 2.84. The van der Waals surface area contributed by atoms with Crippen LogP contribution in [0.3, 0.4) is 0 Å². The molecule has 1 aromatic heterocycles. The predicted octanol–water partition coefficient (Wildman–Crippen LogP) is 3.26. The molecule has 8 nitrogen and oxygen atoms in total. The van der Waals surface area contributed by atoms with Crippen molar-refractivity contribution in [1.82, 2.24) is 9.29 Å². The largest absolute Gasteiger partial charge is 0.493 e. The number of hydrogen-bond acceptors (Lipinski definition) is 7. The molecular weight excluding hydrogens is 438 g/mol. The van der Waals surface area contributed by atoms with Gasteiger partial charge in [0.2, 0.25) is 15.9 Å². The van der Waals surface area contributed by atoms with Crippen LogP contribution in [-0.4, -0.2) is 51.9 Å². The van der Waals surface area contributed by atoms with Gasteiger partial charge in [-0.05, 0) is 30.3 Å². The smallest absolute Gasteiger partial charge is 0.244 e. The van der Waals surface area contributed by atoms with E-state index in [0.717, 1.165) is 14.9 Å². The van der Waals surface area contributed by atoms with E-state index in [0.29, 0.717) is 17.2 Å². The lowest BCUT2D eigenvalue weighted by Crippen LogP contribution is -2.24. The number of rotatable bonds is 8. The summed E-state index contributed by atoms with van der Waals surface area (Å²) in [6.45, 7) is 0. The van der Waals surface area contributed by atoms with Crippen LogP contribution in [0.2, 0.25) is 0 Å². The minimum Gasteiger partial charge on any atom is -0.493 e. The summed E-state index contributed by atoms with van der Waals surface area (Å²) in [6, 6.07) is 11.8. The first-order valence-corrected chi connectivity index (χ1v) is 11.6. The van der Waals surface area contributed by atoms with Gasteiger partial charge in [0.15, 0.2) is 11.5 Å². The van der Waals surface area contributed by atoms with Crippen LogP contribution in [0.4, 0.5) is 5.69 Å². The third-order valence-corrected chi connectivity index (χ3v) is 7.26. The zero-order valence-corrected chi connectivity index (χ0v) is 19.2. The summed E-state index contributed by atoms with van der Waals surface area (Å²) in [5.74, 6) is 0.854. The Morgan fingerprint density at radius 1 is 1.10 bits per heavy atom. The highest BCUT2D eigenvalue weighted by Crippen LogP contribution is 2.33. The maximum Gasteiger partial charge on any atom is 0.244 e. The quantitative estimate of drug-likeness (QED) is 0.553. The van der Waals surface area contributed by atoms with Gasteiger partial charge in [0.1, 0.15) is 9.90 Å². The van der Waals surface area contributed by atoms with Gasteiger partial charge in [-0.2, -0.15) is 0 Å². The van der Waals surface area contributed by atoms with E-state index in [1.807, 2.05) is 12.1 Å². The molecule has 3 rings (SSSR count). The van der Waals surface area contributed by atoms with Gasteiger partial charge in [-0.1, -0.05) is 12.1 Å². The molecule has 1 heterocycles. The predicted molar refractivity (Wildman–Crippen MR) is 120 cm³/mol. The Balaban J connectivity index is 1.76. The van der Waals surface area contributed by atoms with Crippen molar-refractivity contribution in [3.05, 3.63) is 53.5 Å². The standard InChI is InChI=1S/C21H23N3O5S2/c1-24(2)31(26,27)19-8-6-5-7-16(19)23-20(25)12-15-13-30-21(22-15)14-9-10-17(28-3)18(11-14)29-4/h5-11,13H,12H2,1-4H3,(H,23,25). The molecule has 0 radical (unpaired) electrons. The Hall–Kier alpha value is -2.95. The normalized spacial score (nSPS) is 11.4. The molecule has 0 unspecified atom stereocenters. The maximum absolute atomic E-state index is 12.6. The van der Waals surface area contributed by atoms with Crippen LogP contribution in [0.5, 0.6) is 11.5 Å². The van der Waals surface area contributed by atoms with Crippen LogP contribution in [-0.2, 0) is 21.2 Å². The Morgan fingerprint density at radius 3 is 2.48 bits per heavy atom. The lowest BCUT2D eigenvalue weighted by atomic mass is 10.2. The summed E-state index contributed by atoms with van der Waals surface area (Å²) < 4.78 is 36.7. The summed E-state index contributed by atoms with van der Waals surface area (Å²) in [5.41, 5.74) is 1.66. The molecule has 31 heavy (non-hydrogen) atoms. The van der Waals surface area contributed by atoms with E-state index >= 15 is 0 Å². The number of carbonyl (C=O) groups is 1. The van der Waals surface area contributed by atoms with Crippen molar-refractivity contribution in [2.75, 3.05) is 33.6 Å². The van der Waals surface area contributed by atoms with E-state index in [2.05, 4.69) is 10.3 Å². The highest BCUT2D eigenvalue weighted by molar-refractivity contribution is 7.89. The van der Waals surface area contributed by atoms with Crippen molar-refractivity contribution < 1.29 is 22.7 Å². The minimum absolute atomic E-state index is 0.0140. The number of nitrogens with one attached hydrogen (secondary N) is 1. The van der Waals surface area contributed by atoms with Crippen molar-refractivity contribution in [3.8, 4) is 22.1 Å². The van der Waals surface area contributed by atoms with Gasteiger partial charge in [-0.15, -0.1) is 11.3 Å². The first kappa shape index (κ1) is 22.7. The van der Waals surface area contributed by atoms with Gasteiger partial charge >= 0.3 is 0 Å². The van der Waals surface area contributed by atoms with Crippen molar-refractivity contribution in [2.45, 2.75) is 11.3 Å². The number of para-hydroxylation sites is 1. The summed E-state index contributed by atoms with van der Waals surface area (Å²) in [5, 5.41) is 5.22. The van der Waals surface area contributed by atoms with E-state index in [4.69, 9.17) is 9.47 Å². The molecule has 0 saturated carbocycles. The van der Waals surface area contributed by atoms with E-state index in [9.17, 15) is 13.2 Å². The van der Waals surface area contributed by atoms with Crippen LogP contribution in [0.1, 0.15) is 5.69 Å². The van der Waals surface area contributed by atoms with Gasteiger partial charge in [0.25, 0.3) is 0 Å². The fraction of sp³-hybridized carbons (Fsp3) is 0.238. The number of nitrogens with zero attached hydrogens (tertiary/aromatic N) is 2. The van der Waals surface area contributed by atoms with Gasteiger partial charge < -0.3 is 14.8 Å². The molecule has 0 bridgehead atoms. The Labute approximate surface area is 185 Å².